The first-order valence-electron chi connectivity index (χ1n) is 9.54. The standard InChI is InChI=1S/C20H24ClF3N2O4/c1-19(2,3)30-18(28)25-8-7-12-13(21)5-6-14(29-4)16(12)17(25)26-10-11(9-15(26)27)20(22,23)24/h5-6,11,17H,7-10H2,1-4H3. The second kappa shape index (κ2) is 7.83. The quantitative estimate of drug-likeness (QED) is 0.666. The van der Waals surface area contributed by atoms with Crippen molar-refractivity contribution in [2.45, 2.75) is 51.6 Å². The van der Waals surface area contributed by atoms with E-state index in [1.807, 2.05) is 0 Å². The Hall–Kier alpha value is -2.16. The Balaban J connectivity index is 2.09. The number of alkyl halides is 3. The number of benzene rings is 1. The fraction of sp³-hybridized carbons (Fsp3) is 0.600. The van der Waals surface area contributed by atoms with Gasteiger partial charge in [-0.2, -0.15) is 13.2 Å². The van der Waals surface area contributed by atoms with Crippen LogP contribution in [0.5, 0.6) is 5.75 Å². The van der Waals surface area contributed by atoms with E-state index >= 15 is 0 Å². The van der Waals surface area contributed by atoms with Crippen LogP contribution >= 0.6 is 11.6 Å². The number of carbonyl (C=O) groups is 2. The minimum Gasteiger partial charge on any atom is -0.496 e. The number of hydrogen-bond acceptors (Lipinski definition) is 4. The van der Waals surface area contributed by atoms with Crippen molar-refractivity contribution in [3.05, 3.63) is 28.3 Å². The van der Waals surface area contributed by atoms with E-state index in [0.29, 0.717) is 28.3 Å². The molecule has 2 aliphatic rings. The summed E-state index contributed by atoms with van der Waals surface area (Å²) in [6.07, 6.45) is -6.65. The predicted molar refractivity (Wildman–Crippen MR) is 103 cm³/mol. The molecule has 0 N–H and O–H groups in total. The van der Waals surface area contributed by atoms with Crippen molar-refractivity contribution in [1.29, 1.82) is 0 Å². The minimum atomic E-state index is -4.52. The number of nitrogens with zero attached hydrogens (tertiary/aromatic N) is 2. The van der Waals surface area contributed by atoms with Crippen LogP contribution in [0.1, 0.15) is 44.5 Å². The van der Waals surface area contributed by atoms with Gasteiger partial charge in [-0.05, 0) is 44.9 Å². The van der Waals surface area contributed by atoms with Gasteiger partial charge in [0.1, 0.15) is 17.5 Å². The number of carbonyl (C=O) groups excluding carboxylic acids is 2. The third-order valence-corrected chi connectivity index (χ3v) is 5.53. The number of hydrogen-bond donors (Lipinski definition) is 0. The maximum Gasteiger partial charge on any atom is 0.412 e. The molecule has 3 rings (SSSR count). The molecule has 2 amide bonds. The molecule has 2 atom stereocenters. The van der Waals surface area contributed by atoms with E-state index in [-0.39, 0.29) is 6.54 Å². The summed E-state index contributed by atoms with van der Waals surface area (Å²) >= 11 is 6.34. The van der Waals surface area contributed by atoms with Crippen LogP contribution in [0.2, 0.25) is 5.02 Å². The van der Waals surface area contributed by atoms with Gasteiger partial charge in [0.2, 0.25) is 5.91 Å². The van der Waals surface area contributed by atoms with E-state index in [0.717, 1.165) is 4.90 Å². The summed E-state index contributed by atoms with van der Waals surface area (Å²) in [5, 5.41) is 0.402. The maximum absolute atomic E-state index is 13.3. The first kappa shape index (κ1) is 22.5. The second-order valence-corrected chi connectivity index (χ2v) is 8.84. The molecule has 0 bridgehead atoms. The number of ether oxygens (including phenoxy) is 2. The van der Waals surface area contributed by atoms with E-state index in [9.17, 15) is 22.8 Å². The molecule has 0 saturated carbocycles. The molecular formula is C20H24ClF3N2O4. The lowest BCUT2D eigenvalue weighted by Crippen LogP contribution is -2.50. The first-order valence-corrected chi connectivity index (χ1v) is 9.92. The average molecular weight is 449 g/mol. The van der Waals surface area contributed by atoms with E-state index in [1.165, 1.54) is 12.0 Å². The van der Waals surface area contributed by atoms with E-state index < -0.39 is 48.8 Å². The Morgan fingerprint density at radius 3 is 2.43 bits per heavy atom. The number of amides is 2. The summed E-state index contributed by atoms with van der Waals surface area (Å²) in [7, 11) is 1.41. The summed E-state index contributed by atoms with van der Waals surface area (Å²) in [5.41, 5.74) is 0.242. The van der Waals surface area contributed by atoms with Gasteiger partial charge < -0.3 is 14.4 Å². The molecule has 6 nitrogen and oxygen atoms in total. The second-order valence-electron chi connectivity index (χ2n) is 8.43. The Kier molecular flexibility index (Phi) is 5.88. The van der Waals surface area contributed by atoms with Crippen molar-refractivity contribution < 1.29 is 32.2 Å². The summed E-state index contributed by atoms with van der Waals surface area (Å²) in [6, 6.07) is 3.21. The van der Waals surface area contributed by atoms with Gasteiger partial charge in [0.05, 0.1) is 13.0 Å². The van der Waals surface area contributed by atoms with Gasteiger partial charge in [-0.25, -0.2) is 4.79 Å². The molecule has 0 aliphatic carbocycles. The highest BCUT2D eigenvalue weighted by Gasteiger charge is 2.51. The molecule has 0 radical (unpaired) electrons. The molecule has 1 aromatic rings. The molecule has 1 fully saturated rings. The highest BCUT2D eigenvalue weighted by Crippen LogP contribution is 2.45. The van der Waals surface area contributed by atoms with E-state index in [2.05, 4.69) is 0 Å². The van der Waals surface area contributed by atoms with Crippen LogP contribution in [0.4, 0.5) is 18.0 Å². The molecule has 2 aliphatic heterocycles. The smallest absolute Gasteiger partial charge is 0.412 e. The fourth-order valence-corrected chi connectivity index (χ4v) is 4.12. The Labute approximate surface area is 177 Å². The maximum atomic E-state index is 13.3. The summed E-state index contributed by atoms with van der Waals surface area (Å²) in [6.45, 7) is 4.66. The monoisotopic (exact) mass is 448 g/mol. The highest BCUT2D eigenvalue weighted by molar-refractivity contribution is 6.31. The third kappa shape index (κ3) is 4.31. The number of rotatable bonds is 2. The van der Waals surface area contributed by atoms with Crippen molar-refractivity contribution in [2.75, 3.05) is 20.2 Å². The molecule has 1 saturated heterocycles. The zero-order valence-corrected chi connectivity index (χ0v) is 17.9. The van der Waals surface area contributed by atoms with Gasteiger partial charge in [-0.15, -0.1) is 0 Å². The zero-order valence-electron chi connectivity index (χ0n) is 17.2. The van der Waals surface area contributed by atoms with Crippen molar-refractivity contribution >= 4 is 23.6 Å². The SMILES string of the molecule is COc1ccc(Cl)c2c1C(N1CC(C(F)(F)F)CC1=O)N(C(=O)OC(C)(C)C)CC2. The molecule has 2 heterocycles. The van der Waals surface area contributed by atoms with Crippen LogP contribution in [-0.4, -0.2) is 53.8 Å². The lowest BCUT2D eigenvalue weighted by atomic mass is 9.95. The number of likely N-dealkylation sites (tertiary alicyclic amines) is 1. The Morgan fingerprint density at radius 2 is 1.90 bits per heavy atom. The topological polar surface area (TPSA) is 59.1 Å². The predicted octanol–water partition coefficient (Wildman–Crippen LogP) is 4.55. The van der Waals surface area contributed by atoms with Crippen LogP contribution in [0.25, 0.3) is 0 Å². The first-order chi connectivity index (χ1) is 13.8. The van der Waals surface area contributed by atoms with Crippen LogP contribution < -0.4 is 4.74 Å². The van der Waals surface area contributed by atoms with Gasteiger partial charge >= 0.3 is 12.3 Å². The van der Waals surface area contributed by atoms with Crippen molar-refractivity contribution in [3.63, 3.8) is 0 Å². The van der Waals surface area contributed by atoms with Gasteiger partial charge in [0.15, 0.2) is 0 Å². The summed E-state index contributed by atoms with van der Waals surface area (Å²) in [4.78, 5) is 27.9. The minimum absolute atomic E-state index is 0.139. The van der Waals surface area contributed by atoms with Gasteiger partial charge in [-0.1, -0.05) is 11.6 Å². The van der Waals surface area contributed by atoms with Crippen LogP contribution in [0.15, 0.2) is 12.1 Å². The van der Waals surface area contributed by atoms with Crippen LogP contribution in [0.3, 0.4) is 0 Å². The van der Waals surface area contributed by atoms with Crippen LogP contribution in [0, 0.1) is 5.92 Å². The molecule has 1 aromatic carbocycles. The lowest BCUT2D eigenvalue weighted by Gasteiger charge is -2.43. The number of methoxy groups -OCH3 is 1. The number of fused-ring (bicyclic) bond motifs is 1. The molecule has 2 unspecified atom stereocenters. The fourth-order valence-electron chi connectivity index (χ4n) is 3.87. The van der Waals surface area contributed by atoms with E-state index in [4.69, 9.17) is 21.1 Å². The average Bonchev–Trinajstić information content (AvgIpc) is 3.01. The molecule has 30 heavy (non-hydrogen) atoms. The third-order valence-electron chi connectivity index (χ3n) is 5.18. The number of halogens is 4. The summed E-state index contributed by atoms with van der Waals surface area (Å²) < 4.78 is 50.9. The molecule has 166 valence electrons. The zero-order chi connectivity index (χ0) is 22.4. The van der Waals surface area contributed by atoms with Gasteiger partial charge in [0, 0.05) is 30.1 Å². The summed E-state index contributed by atoms with van der Waals surface area (Å²) in [5.74, 6) is -2.15. The van der Waals surface area contributed by atoms with E-state index in [1.54, 1.807) is 32.9 Å². The van der Waals surface area contributed by atoms with Crippen molar-refractivity contribution in [3.8, 4) is 5.75 Å². The molecule has 10 heteroatoms. The highest BCUT2D eigenvalue weighted by atomic mass is 35.5. The van der Waals surface area contributed by atoms with Gasteiger partial charge in [-0.3, -0.25) is 9.69 Å². The van der Waals surface area contributed by atoms with Crippen molar-refractivity contribution in [2.24, 2.45) is 5.92 Å². The molecular weight excluding hydrogens is 425 g/mol. The van der Waals surface area contributed by atoms with Gasteiger partial charge in [0.25, 0.3) is 0 Å². The lowest BCUT2D eigenvalue weighted by molar-refractivity contribution is -0.172. The molecule has 0 aromatic heterocycles. The van der Waals surface area contributed by atoms with Crippen molar-refractivity contribution in [1.82, 2.24) is 9.80 Å². The Bertz CT molecular complexity index is 854. The largest absolute Gasteiger partial charge is 0.496 e. The Morgan fingerprint density at radius 1 is 1.23 bits per heavy atom. The van der Waals surface area contributed by atoms with Crippen LogP contribution in [-0.2, 0) is 16.0 Å². The molecule has 0 spiro atoms. The normalized spacial score (nSPS) is 22.2.